The maximum Gasteiger partial charge on any atom is 0.243 e. The molecule has 0 radical (unpaired) electrons. The SMILES string of the molecule is CCOc1ccccc1NC(=O)CN1CC(C)Sc2ccccc21. The van der Waals surface area contributed by atoms with Gasteiger partial charge in [0.2, 0.25) is 5.91 Å². The molecule has 24 heavy (non-hydrogen) atoms. The number of carbonyl (C=O) groups excluding carboxylic acids is 1. The lowest BCUT2D eigenvalue weighted by atomic mass is 10.2. The number of rotatable bonds is 5. The van der Waals surface area contributed by atoms with Gasteiger partial charge in [0.15, 0.2) is 0 Å². The standard InChI is InChI=1S/C19H22N2O2S/c1-3-23-17-10-6-4-8-15(17)20-19(22)13-21-12-14(2)24-18-11-7-5-9-16(18)21/h4-11,14H,3,12-13H2,1-2H3,(H,20,22). The Labute approximate surface area is 147 Å². The van der Waals surface area contributed by atoms with Gasteiger partial charge in [-0.2, -0.15) is 0 Å². The van der Waals surface area contributed by atoms with Crippen molar-refractivity contribution < 1.29 is 9.53 Å². The van der Waals surface area contributed by atoms with Crippen molar-refractivity contribution in [2.75, 3.05) is 29.9 Å². The average molecular weight is 342 g/mol. The van der Waals surface area contributed by atoms with Crippen molar-refractivity contribution in [1.82, 2.24) is 0 Å². The van der Waals surface area contributed by atoms with Crippen LogP contribution < -0.4 is 15.0 Å². The average Bonchev–Trinajstić information content (AvgIpc) is 2.56. The molecule has 0 fully saturated rings. The number of carbonyl (C=O) groups is 1. The molecule has 5 heteroatoms. The zero-order chi connectivity index (χ0) is 16.9. The Kier molecular flexibility index (Phi) is 5.30. The van der Waals surface area contributed by atoms with Crippen LogP contribution in [0.25, 0.3) is 0 Å². The summed E-state index contributed by atoms with van der Waals surface area (Å²) < 4.78 is 5.57. The summed E-state index contributed by atoms with van der Waals surface area (Å²) in [6.45, 7) is 5.89. The van der Waals surface area contributed by atoms with Gasteiger partial charge in [0.05, 0.1) is 24.5 Å². The highest BCUT2D eigenvalue weighted by atomic mass is 32.2. The molecule has 0 saturated heterocycles. The first-order valence-electron chi connectivity index (χ1n) is 8.19. The van der Waals surface area contributed by atoms with Crippen LogP contribution in [0.1, 0.15) is 13.8 Å². The van der Waals surface area contributed by atoms with Crippen molar-refractivity contribution in [3.05, 3.63) is 48.5 Å². The van der Waals surface area contributed by atoms with E-state index in [2.05, 4.69) is 29.3 Å². The van der Waals surface area contributed by atoms with E-state index in [0.717, 1.165) is 17.9 Å². The quantitative estimate of drug-likeness (QED) is 0.891. The Morgan fingerprint density at radius 2 is 2.00 bits per heavy atom. The molecule has 0 spiro atoms. The van der Waals surface area contributed by atoms with Crippen LogP contribution in [0.15, 0.2) is 53.4 Å². The molecule has 1 amide bonds. The first-order chi connectivity index (χ1) is 11.7. The van der Waals surface area contributed by atoms with Crippen LogP contribution in [0, 0.1) is 0 Å². The second-order valence-electron chi connectivity index (χ2n) is 5.75. The molecule has 2 aromatic rings. The summed E-state index contributed by atoms with van der Waals surface area (Å²) in [5, 5.41) is 3.44. The van der Waals surface area contributed by atoms with Gasteiger partial charge in [0.25, 0.3) is 0 Å². The van der Waals surface area contributed by atoms with Crippen molar-refractivity contribution in [2.24, 2.45) is 0 Å². The summed E-state index contributed by atoms with van der Waals surface area (Å²) in [6.07, 6.45) is 0. The molecule has 1 N–H and O–H groups in total. The number of ether oxygens (including phenoxy) is 1. The van der Waals surface area contributed by atoms with Gasteiger partial charge in [-0.25, -0.2) is 0 Å². The van der Waals surface area contributed by atoms with E-state index < -0.39 is 0 Å². The maximum absolute atomic E-state index is 12.5. The lowest BCUT2D eigenvalue weighted by Gasteiger charge is -2.33. The van der Waals surface area contributed by atoms with E-state index in [1.807, 2.05) is 55.1 Å². The van der Waals surface area contributed by atoms with Crippen LogP contribution in [0.2, 0.25) is 0 Å². The molecule has 1 atom stereocenters. The van der Waals surface area contributed by atoms with E-state index in [0.29, 0.717) is 24.2 Å². The highest BCUT2D eigenvalue weighted by molar-refractivity contribution is 8.00. The van der Waals surface area contributed by atoms with Crippen LogP contribution in [0.4, 0.5) is 11.4 Å². The molecule has 4 nitrogen and oxygen atoms in total. The number of nitrogens with zero attached hydrogens (tertiary/aromatic N) is 1. The number of amides is 1. The van der Waals surface area contributed by atoms with Crippen molar-refractivity contribution in [3.63, 3.8) is 0 Å². The van der Waals surface area contributed by atoms with E-state index >= 15 is 0 Å². The summed E-state index contributed by atoms with van der Waals surface area (Å²) in [6, 6.07) is 15.8. The van der Waals surface area contributed by atoms with Crippen molar-refractivity contribution in [2.45, 2.75) is 24.0 Å². The molecule has 1 aliphatic heterocycles. The van der Waals surface area contributed by atoms with Gasteiger partial charge in [-0.15, -0.1) is 11.8 Å². The van der Waals surface area contributed by atoms with Crippen molar-refractivity contribution >= 4 is 29.0 Å². The predicted molar refractivity (Wildman–Crippen MR) is 100 cm³/mol. The smallest absolute Gasteiger partial charge is 0.243 e. The van der Waals surface area contributed by atoms with Gasteiger partial charge in [-0.3, -0.25) is 4.79 Å². The number of nitrogens with one attached hydrogen (secondary N) is 1. The Hall–Kier alpha value is -2.14. The molecule has 0 aliphatic carbocycles. The van der Waals surface area contributed by atoms with Crippen LogP contribution >= 0.6 is 11.8 Å². The number of benzene rings is 2. The monoisotopic (exact) mass is 342 g/mol. The Morgan fingerprint density at radius 3 is 2.83 bits per heavy atom. The highest BCUT2D eigenvalue weighted by Crippen LogP contribution is 2.37. The zero-order valence-electron chi connectivity index (χ0n) is 14.0. The fourth-order valence-corrected chi connectivity index (χ4v) is 4.01. The third-order valence-corrected chi connectivity index (χ3v) is 4.96. The molecule has 0 aromatic heterocycles. The van der Waals surface area contributed by atoms with Gasteiger partial charge >= 0.3 is 0 Å². The maximum atomic E-state index is 12.5. The summed E-state index contributed by atoms with van der Waals surface area (Å²) in [4.78, 5) is 15.9. The second kappa shape index (κ2) is 7.62. The number of anilines is 2. The number of thioether (sulfide) groups is 1. The molecule has 0 saturated carbocycles. The summed E-state index contributed by atoms with van der Waals surface area (Å²) in [5.41, 5.74) is 1.85. The fourth-order valence-electron chi connectivity index (χ4n) is 2.84. The number of hydrogen-bond acceptors (Lipinski definition) is 4. The first kappa shape index (κ1) is 16.7. The van der Waals surface area contributed by atoms with Gasteiger partial charge < -0.3 is 15.0 Å². The van der Waals surface area contributed by atoms with Crippen LogP contribution in [0.3, 0.4) is 0 Å². The molecule has 1 aliphatic rings. The van der Waals surface area contributed by atoms with Crippen LogP contribution in [-0.2, 0) is 4.79 Å². The Balaban J connectivity index is 1.72. The Morgan fingerprint density at radius 1 is 1.25 bits per heavy atom. The minimum absolute atomic E-state index is 0.0314. The Bertz CT molecular complexity index is 720. The minimum atomic E-state index is -0.0314. The first-order valence-corrected chi connectivity index (χ1v) is 9.07. The minimum Gasteiger partial charge on any atom is -0.492 e. The number of fused-ring (bicyclic) bond motifs is 1. The molecular formula is C19H22N2O2S. The van der Waals surface area contributed by atoms with Crippen LogP contribution in [0.5, 0.6) is 5.75 Å². The third kappa shape index (κ3) is 3.85. The summed E-state index contributed by atoms with van der Waals surface area (Å²) >= 11 is 1.86. The van der Waals surface area contributed by atoms with Crippen molar-refractivity contribution in [1.29, 1.82) is 0 Å². The van der Waals surface area contributed by atoms with E-state index in [4.69, 9.17) is 4.74 Å². The van der Waals surface area contributed by atoms with E-state index in [9.17, 15) is 4.79 Å². The fraction of sp³-hybridized carbons (Fsp3) is 0.316. The molecule has 126 valence electrons. The van der Waals surface area contributed by atoms with Gasteiger partial charge in [0.1, 0.15) is 5.75 Å². The lowest BCUT2D eigenvalue weighted by molar-refractivity contribution is -0.115. The van der Waals surface area contributed by atoms with E-state index in [-0.39, 0.29) is 5.91 Å². The van der Waals surface area contributed by atoms with E-state index in [1.165, 1.54) is 4.90 Å². The predicted octanol–water partition coefficient (Wildman–Crippen LogP) is 4.02. The molecular weight excluding hydrogens is 320 g/mol. The highest BCUT2D eigenvalue weighted by Gasteiger charge is 2.23. The number of hydrogen-bond donors (Lipinski definition) is 1. The van der Waals surface area contributed by atoms with Crippen molar-refractivity contribution in [3.8, 4) is 5.75 Å². The lowest BCUT2D eigenvalue weighted by Crippen LogP contribution is -2.39. The molecule has 3 rings (SSSR count). The van der Waals surface area contributed by atoms with E-state index in [1.54, 1.807) is 0 Å². The molecule has 2 aromatic carbocycles. The number of para-hydroxylation sites is 3. The van der Waals surface area contributed by atoms with Gasteiger partial charge in [-0.05, 0) is 31.2 Å². The molecule has 1 heterocycles. The topological polar surface area (TPSA) is 41.6 Å². The third-order valence-electron chi connectivity index (χ3n) is 3.81. The zero-order valence-corrected chi connectivity index (χ0v) is 14.8. The largest absolute Gasteiger partial charge is 0.492 e. The normalized spacial score (nSPS) is 16.4. The van der Waals surface area contributed by atoms with Gasteiger partial charge in [-0.1, -0.05) is 31.2 Å². The molecule has 1 unspecified atom stereocenters. The molecule has 0 bridgehead atoms. The second-order valence-corrected chi connectivity index (χ2v) is 7.23. The summed E-state index contributed by atoms with van der Waals surface area (Å²) in [7, 11) is 0. The van der Waals surface area contributed by atoms with Crippen LogP contribution in [-0.4, -0.2) is 30.9 Å². The van der Waals surface area contributed by atoms with Gasteiger partial charge in [0, 0.05) is 16.7 Å². The summed E-state index contributed by atoms with van der Waals surface area (Å²) in [5.74, 6) is 0.673.